The number of hydrogen-bond donors (Lipinski definition) is 1. The van der Waals surface area contributed by atoms with Crippen LogP contribution >= 0.6 is 15.9 Å². The molecule has 0 spiro atoms. The zero-order valence-corrected chi connectivity index (χ0v) is 13.5. The molecule has 0 fully saturated rings. The zero-order chi connectivity index (χ0) is 14.5. The molecule has 0 saturated carbocycles. The molecule has 0 aliphatic carbocycles. The molecule has 0 aromatic heterocycles. The van der Waals surface area contributed by atoms with Gasteiger partial charge in [-0.15, -0.1) is 0 Å². The predicted octanol–water partition coefficient (Wildman–Crippen LogP) is 3.85. The van der Waals surface area contributed by atoms with Crippen LogP contribution in [-0.4, -0.2) is 21.3 Å². The molecule has 1 N–H and O–H groups in total. The van der Waals surface area contributed by atoms with Crippen LogP contribution in [0.25, 0.3) is 11.1 Å². The maximum absolute atomic E-state index is 5.40. The summed E-state index contributed by atoms with van der Waals surface area (Å²) in [6, 6.07) is 12.3. The Balaban J connectivity index is 2.60. The first-order valence-electron chi connectivity index (χ1n) is 6.35. The van der Waals surface area contributed by atoms with Gasteiger partial charge in [0, 0.05) is 11.0 Å². The first kappa shape index (κ1) is 14.9. The molecule has 4 heteroatoms. The highest BCUT2D eigenvalue weighted by atomic mass is 79.9. The van der Waals surface area contributed by atoms with Gasteiger partial charge in [0.25, 0.3) is 0 Å². The summed E-state index contributed by atoms with van der Waals surface area (Å²) in [7, 11) is 5.24. The zero-order valence-electron chi connectivity index (χ0n) is 11.9. The molecule has 2 rings (SSSR count). The molecule has 2 aromatic carbocycles. The maximum Gasteiger partial charge on any atom is 0.161 e. The molecule has 0 saturated heterocycles. The highest BCUT2D eigenvalue weighted by Crippen LogP contribution is 2.36. The largest absolute Gasteiger partial charge is 0.493 e. The van der Waals surface area contributed by atoms with Crippen LogP contribution in [0.3, 0.4) is 0 Å². The Morgan fingerprint density at radius 1 is 1.05 bits per heavy atom. The third-order valence-electron chi connectivity index (χ3n) is 3.11. The average molecular weight is 336 g/mol. The van der Waals surface area contributed by atoms with E-state index in [0.717, 1.165) is 33.6 Å². The lowest BCUT2D eigenvalue weighted by Gasteiger charge is -2.15. The lowest BCUT2D eigenvalue weighted by molar-refractivity contribution is 0.354. The Morgan fingerprint density at radius 3 is 2.35 bits per heavy atom. The molecule has 3 nitrogen and oxygen atoms in total. The van der Waals surface area contributed by atoms with Crippen LogP contribution in [0.5, 0.6) is 11.5 Å². The summed E-state index contributed by atoms with van der Waals surface area (Å²) in [5, 5.41) is 3.19. The van der Waals surface area contributed by atoms with Gasteiger partial charge in [-0.05, 0) is 48.0 Å². The van der Waals surface area contributed by atoms with Crippen LogP contribution in [0.4, 0.5) is 0 Å². The summed E-state index contributed by atoms with van der Waals surface area (Å²) < 4.78 is 11.8. The van der Waals surface area contributed by atoms with Crippen LogP contribution in [0.2, 0.25) is 0 Å². The van der Waals surface area contributed by atoms with Gasteiger partial charge in [0.05, 0.1) is 14.2 Å². The third-order valence-corrected chi connectivity index (χ3v) is 3.61. The van der Waals surface area contributed by atoms with E-state index in [9.17, 15) is 0 Å². The Morgan fingerprint density at radius 2 is 1.75 bits per heavy atom. The number of hydrogen-bond acceptors (Lipinski definition) is 3. The minimum absolute atomic E-state index is 0.738. The summed E-state index contributed by atoms with van der Waals surface area (Å²) in [6.07, 6.45) is 0. The summed E-state index contributed by atoms with van der Waals surface area (Å²) in [5.74, 6) is 1.49. The maximum atomic E-state index is 5.40. The highest BCUT2D eigenvalue weighted by Gasteiger charge is 2.12. The molecule has 20 heavy (non-hydrogen) atoms. The number of benzene rings is 2. The predicted molar refractivity (Wildman–Crippen MR) is 85.4 cm³/mol. The quantitative estimate of drug-likeness (QED) is 0.900. The van der Waals surface area contributed by atoms with Crippen molar-refractivity contribution in [2.75, 3.05) is 21.3 Å². The normalized spacial score (nSPS) is 10.4. The molecule has 2 aromatic rings. The van der Waals surface area contributed by atoms with E-state index in [4.69, 9.17) is 9.47 Å². The van der Waals surface area contributed by atoms with Crippen molar-refractivity contribution in [3.63, 3.8) is 0 Å². The Labute approximate surface area is 128 Å². The summed E-state index contributed by atoms with van der Waals surface area (Å²) in [6.45, 7) is 0.766. The van der Waals surface area contributed by atoms with Crippen LogP contribution < -0.4 is 14.8 Å². The molecule has 0 unspecified atom stereocenters. The Hall–Kier alpha value is -1.52. The van der Waals surface area contributed by atoms with Gasteiger partial charge in [0.2, 0.25) is 0 Å². The van der Waals surface area contributed by atoms with Crippen molar-refractivity contribution < 1.29 is 9.47 Å². The van der Waals surface area contributed by atoms with Crippen molar-refractivity contribution in [1.29, 1.82) is 0 Å². The van der Waals surface area contributed by atoms with Crippen molar-refractivity contribution in [2.24, 2.45) is 0 Å². The highest BCUT2D eigenvalue weighted by molar-refractivity contribution is 9.10. The number of ether oxygens (including phenoxy) is 2. The van der Waals surface area contributed by atoms with Gasteiger partial charge in [-0.25, -0.2) is 0 Å². The van der Waals surface area contributed by atoms with Gasteiger partial charge in [0.1, 0.15) is 0 Å². The van der Waals surface area contributed by atoms with Crippen LogP contribution in [0, 0.1) is 0 Å². The van der Waals surface area contributed by atoms with E-state index >= 15 is 0 Å². The smallest absolute Gasteiger partial charge is 0.161 e. The van der Waals surface area contributed by atoms with Gasteiger partial charge in [-0.2, -0.15) is 0 Å². The first-order chi connectivity index (χ1) is 9.69. The van der Waals surface area contributed by atoms with E-state index in [1.54, 1.807) is 14.2 Å². The first-order valence-corrected chi connectivity index (χ1v) is 7.14. The van der Waals surface area contributed by atoms with Crippen molar-refractivity contribution in [1.82, 2.24) is 5.32 Å². The fraction of sp³-hybridized carbons (Fsp3) is 0.250. The minimum Gasteiger partial charge on any atom is -0.493 e. The van der Waals surface area contributed by atoms with Gasteiger partial charge in [0.15, 0.2) is 11.5 Å². The van der Waals surface area contributed by atoms with E-state index in [2.05, 4.69) is 33.4 Å². The standard InChI is InChI=1S/C16H18BrNO2/c1-18-10-12-8-15(19-2)16(20-3)9-14(12)11-5-4-6-13(17)7-11/h4-9,18H,10H2,1-3H3. The number of halogens is 1. The molecular weight excluding hydrogens is 318 g/mol. The van der Waals surface area contributed by atoms with Gasteiger partial charge < -0.3 is 14.8 Å². The molecule has 106 valence electrons. The SMILES string of the molecule is CNCc1cc(OC)c(OC)cc1-c1cccc(Br)c1. The number of methoxy groups -OCH3 is 2. The fourth-order valence-corrected chi connectivity index (χ4v) is 2.58. The molecular formula is C16H18BrNO2. The molecule has 0 aliphatic rings. The lowest BCUT2D eigenvalue weighted by Crippen LogP contribution is -2.07. The Bertz CT molecular complexity index is 599. The summed E-state index contributed by atoms with van der Waals surface area (Å²) in [5.41, 5.74) is 3.45. The summed E-state index contributed by atoms with van der Waals surface area (Å²) in [4.78, 5) is 0. The van der Waals surface area contributed by atoms with Crippen molar-refractivity contribution in [2.45, 2.75) is 6.54 Å². The Kier molecular flexibility index (Phi) is 5.04. The van der Waals surface area contributed by atoms with Gasteiger partial charge in [-0.3, -0.25) is 0 Å². The molecule has 0 heterocycles. The van der Waals surface area contributed by atoms with Crippen molar-refractivity contribution in [3.8, 4) is 22.6 Å². The van der Waals surface area contributed by atoms with E-state index in [1.165, 1.54) is 5.56 Å². The van der Waals surface area contributed by atoms with Crippen LogP contribution in [0.15, 0.2) is 40.9 Å². The average Bonchev–Trinajstić information content (AvgIpc) is 2.47. The van der Waals surface area contributed by atoms with Gasteiger partial charge >= 0.3 is 0 Å². The molecule has 0 amide bonds. The lowest BCUT2D eigenvalue weighted by atomic mass is 9.98. The van der Waals surface area contributed by atoms with E-state index in [1.807, 2.05) is 31.3 Å². The van der Waals surface area contributed by atoms with E-state index in [-0.39, 0.29) is 0 Å². The van der Waals surface area contributed by atoms with Gasteiger partial charge in [-0.1, -0.05) is 28.1 Å². The summed E-state index contributed by atoms with van der Waals surface area (Å²) >= 11 is 3.52. The molecule has 0 atom stereocenters. The second kappa shape index (κ2) is 6.77. The second-order valence-electron chi connectivity index (χ2n) is 4.41. The molecule has 0 aliphatic heterocycles. The van der Waals surface area contributed by atoms with E-state index in [0.29, 0.717) is 0 Å². The van der Waals surface area contributed by atoms with Crippen molar-refractivity contribution >= 4 is 15.9 Å². The van der Waals surface area contributed by atoms with E-state index < -0.39 is 0 Å². The fourth-order valence-electron chi connectivity index (χ4n) is 2.18. The molecule has 0 bridgehead atoms. The third kappa shape index (κ3) is 3.14. The van der Waals surface area contributed by atoms with Crippen LogP contribution in [-0.2, 0) is 6.54 Å². The van der Waals surface area contributed by atoms with Crippen molar-refractivity contribution in [3.05, 3.63) is 46.4 Å². The minimum atomic E-state index is 0.738. The topological polar surface area (TPSA) is 30.5 Å². The second-order valence-corrected chi connectivity index (χ2v) is 5.32. The molecule has 0 radical (unpaired) electrons. The number of rotatable bonds is 5. The monoisotopic (exact) mass is 335 g/mol. The van der Waals surface area contributed by atoms with Crippen LogP contribution in [0.1, 0.15) is 5.56 Å². The number of nitrogens with one attached hydrogen (secondary N) is 1.